The van der Waals surface area contributed by atoms with Crippen LogP contribution < -0.4 is 10.6 Å². The summed E-state index contributed by atoms with van der Waals surface area (Å²) in [5, 5.41) is 5.49. The van der Waals surface area contributed by atoms with Crippen molar-refractivity contribution < 1.29 is 27.5 Å². The maximum atomic E-state index is 13.1. The number of ether oxygens (including phenoxy) is 1. The van der Waals surface area contributed by atoms with E-state index in [-0.39, 0.29) is 29.8 Å². The molecule has 11 heteroatoms. The van der Waals surface area contributed by atoms with Crippen LogP contribution in [-0.4, -0.2) is 73.9 Å². The number of aryl methyl sites for hydroxylation is 1. The first kappa shape index (κ1) is 24.6. The summed E-state index contributed by atoms with van der Waals surface area (Å²) in [6.45, 7) is 4.25. The Kier molecular flexibility index (Phi) is 6.97. The minimum Gasteiger partial charge on any atom is -0.379 e. The second kappa shape index (κ2) is 9.63. The normalized spacial score (nSPS) is 24.8. The summed E-state index contributed by atoms with van der Waals surface area (Å²) >= 11 is 0. The van der Waals surface area contributed by atoms with E-state index in [1.165, 1.54) is 16.4 Å². The lowest BCUT2D eigenvalue weighted by atomic mass is 9.75. The molecule has 186 valence electrons. The van der Waals surface area contributed by atoms with Gasteiger partial charge in [-0.2, -0.15) is 4.31 Å². The molecule has 1 aromatic carbocycles. The molecule has 4 rings (SSSR count). The largest absolute Gasteiger partial charge is 0.379 e. The van der Waals surface area contributed by atoms with E-state index >= 15 is 0 Å². The zero-order valence-electron chi connectivity index (χ0n) is 19.6. The van der Waals surface area contributed by atoms with Crippen molar-refractivity contribution in [3.8, 4) is 0 Å². The minimum atomic E-state index is -3.73. The highest BCUT2D eigenvalue weighted by Gasteiger charge is 2.52. The summed E-state index contributed by atoms with van der Waals surface area (Å²) in [6, 6.07) is 3.96. The average molecular weight is 493 g/mol. The number of rotatable bonds is 6. The van der Waals surface area contributed by atoms with Gasteiger partial charge >= 0.3 is 6.03 Å². The van der Waals surface area contributed by atoms with Gasteiger partial charge in [0.05, 0.1) is 18.1 Å². The number of morpholine rings is 1. The lowest BCUT2D eigenvalue weighted by Gasteiger charge is -2.34. The summed E-state index contributed by atoms with van der Waals surface area (Å²) in [7, 11) is -3.73. The summed E-state index contributed by atoms with van der Waals surface area (Å²) < 4.78 is 32.5. The third kappa shape index (κ3) is 4.69. The second-order valence-electron chi connectivity index (χ2n) is 9.40. The van der Waals surface area contributed by atoms with E-state index in [9.17, 15) is 22.8 Å². The highest BCUT2D eigenvalue weighted by molar-refractivity contribution is 7.89. The quantitative estimate of drug-likeness (QED) is 0.584. The second-order valence-corrected chi connectivity index (χ2v) is 11.3. The number of amides is 4. The lowest BCUT2D eigenvalue weighted by molar-refractivity contribution is -0.135. The van der Waals surface area contributed by atoms with E-state index in [4.69, 9.17) is 4.74 Å². The van der Waals surface area contributed by atoms with E-state index in [0.717, 1.165) is 37.0 Å². The monoisotopic (exact) mass is 492 g/mol. The molecule has 1 unspecified atom stereocenters. The van der Waals surface area contributed by atoms with Gasteiger partial charge in [-0.05, 0) is 50.3 Å². The SMILES string of the molecule is Cc1ccc(S(=O)(=O)N2CCOCC2)cc1NC(=O)CN1C(=O)NC(C)(C2CCCCC2)C1=O. The van der Waals surface area contributed by atoms with Gasteiger partial charge in [-0.1, -0.05) is 25.3 Å². The molecule has 2 heterocycles. The fourth-order valence-electron chi connectivity index (χ4n) is 4.98. The van der Waals surface area contributed by atoms with E-state index in [2.05, 4.69) is 10.6 Å². The molecular formula is C23H32N4O6S. The van der Waals surface area contributed by atoms with Crippen LogP contribution in [0.4, 0.5) is 10.5 Å². The molecule has 1 saturated carbocycles. The van der Waals surface area contributed by atoms with Crippen LogP contribution in [0, 0.1) is 12.8 Å². The Bertz CT molecular complexity index is 1080. The van der Waals surface area contributed by atoms with Crippen LogP contribution in [0.5, 0.6) is 0 Å². The van der Waals surface area contributed by atoms with Crippen LogP contribution in [0.15, 0.2) is 23.1 Å². The van der Waals surface area contributed by atoms with Crippen LogP contribution in [0.25, 0.3) is 0 Å². The fourth-order valence-corrected chi connectivity index (χ4v) is 6.42. The zero-order chi connectivity index (χ0) is 24.5. The first-order valence-corrected chi connectivity index (χ1v) is 13.2. The maximum Gasteiger partial charge on any atom is 0.325 e. The van der Waals surface area contributed by atoms with E-state index in [0.29, 0.717) is 24.5 Å². The molecule has 2 saturated heterocycles. The van der Waals surface area contributed by atoms with Crippen LogP contribution >= 0.6 is 0 Å². The van der Waals surface area contributed by atoms with Gasteiger partial charge < -0.3 is 15.4 Å². The van der Waals surface area contributed by atoms with Gasteiger partial charge in [0.1, 0.15) is 12.1 Å². The van der Waals surface area contributed by atoms with E-state index in [1.807, 2.05) is 0 Å². The van der Waals surface area contributed by atoms with Gasteiger partial charge in [0, 0.05) is 18.8 Å². The number of nitrogens with zero attached hydrogens (tertiary/aromatic N) is 2. The summed E-state index contributed by atoms with van der Waals surface area (Å²) in [5.41, 5.74) is -0.0141. The highest BCUT2D eigenvalue weighted by Crippen LogP contribution is 2.36. The number of imide groups is 1. The van der Waals surface area contributed by atoms with Crippen molar-refractivity contribution in [2.45, 2.75) is 56.4 Å². The van der Waals surface area contributed by atoms with Gasteiger partial charge in [0.2, 0.25) is 15.9 Å². The maximum absolute atomic E-state index is 13.1. The molecule has 2 N–H and O–H groups in total. The zero-order valence-corrected chi connectivity index (χ0v) is 20.4. The number of anilines is 1. The third-order valence-corrected chi connectivity index (χ3v) is 9.01. The first-order valence-electron chi connectivity index (χ1n) is 11.8. The Morgan fingerprint density at radius 1 is 1.18 bits per heavy atom. The van der Waals surface area contributed by atoms with Crippen LogP contribution in [0.2, 0.25) is 0 Å². The third-order valence-electron chi connectivity index (χ3n) is 7.12. The smallest absolute Gasteiger partial charge is 0.325 e. The van der Waals surface area contributed by atoms with Gasteiger partial charge in [-0.15, -0.1) is 0 Å². The van der Waals surface area contributed by atoms with Crippen molar-refractivity contribution in [2.75, 3.05) is 38.2 Å². The average Bonchev–Trinajstić information content (AvgIpc) is 3.05. The van der Waals surface area contributed by atoms with Crippen LogP contribution in [0.3, 0.4) is 0 Å². The van der Waals surface area contributed by atoms with Crippen molar-refractivity contribution >= 4 is 33.6 Å². The molecule has 0 aromatic heterocycles. The Morgan fingerprint density at radius 3 is 2.53 bits per heavy atom. The molecular weight excluding hydrogens is 460 g/mol. The van der Waals surface area contributed by atoms with Gasteiger partial charge in [-0.3, -0.25) is 14.5 Å². The predicted octanol–water partition coefficient (Wildman–Crippen LogP) is 1.85. The number of nitrogens with one attached hydrogen (secondary N) is 2. The summed E-state index contributed by atoms with van der Waals surface area (Å²) in [4.78, 5) is 39.5. The molecule has 2 aliphatic heterocycles. The van der Waals surface area contributed by atoms with Gasteiger partial charge in [0.15, 0.2) is 0 Å². The first-order chi connectivity index (χ1) is 16.1. The van der Waals surface area contributed by atoms with E-state index < -0.39 is 34.0 Å². The molecule has 1 atom stereocenters. The Hall–Kier alpha value is -2.50. The summed E-state index contributed by atoms with van der Waals surface area (Å²) in [6.07, 6.45) is 4.90. The van der Waals surface area contributed by atoms with Gasteiger partial charge in [0.25, 0.3) is 5.91 Å². The fraction of sp³-hybridized carbons (Fsp3) is 0.609. The standard InChI is InChI=1S/C23H32N4O6S/c1-16-8-9-18(34(31,32)26-10-12-33-13-11-26)14-19(16)24-20(28)15-27-21(29)23(2,25-22(27)30)17-6-4-3-5-7-17/h8-9,14,17H,3-7,10-13,15H2,1-2H3,(H,24,28)(H,25,30). The Balaban J connectivity index is 1.46. The van der Waals surface area contributed by atoms with Crippen molar-refractivity contribution in [1.29, 1.82) is 0 Å². The molecule has 3 aliphatic rings. The molecule has 0 radical (unpaired) electrons. The van der Waals surface area contributed by atoms with Crippen LogP contribution in [0.1, 0.15) is 44.6 Å². The number of hydrogen-bond donors (Lipinski definition) is 2. The molecule has 1 aromatic rings. The van der Waals surface area contributed by atoms with Crippen molar-refractivity contribution in [3.05, 3.63) is 23.8 Å². The molecule has 0 bridgehead atoms. The molecule has 3 fully saturated rings. The van der Waals surface area contributed by atoms with E-state index in [1.54, 1.807) is 19.9 Å². The highest BCUT2D eigenvalue weighted by atomic mass is 32.2. The number of benzene rings is 1. The lowest BCUT2D eigenvalue weighted by Crippen LogP contribution is -2.51. The van der Waals surface area contributed by atoms with Crippen LogP contribution in [-0.2, 0) is 24.3 Å². The topological polar surface area (TPSA) is 125 Å². The van der Waals surface area contributed by atoms with Crippen molar-refractivity contribution in [2.24, 2.45) is 5.92 Å². The van der Waals surface area contributed by atoms with Crippen molar-refractivity contribution in [3.63, 3.8) is 0 Å². The van der Waals surface area contributed by atoms with Crippen molar-refractivity contribution in [1.82, 2.24) is 14.5 Å². The number of carbonyl (C=O) groups excluding carboxylic acids is 3. The number of carbonyl (C=O) groups is 3. The Morgan fingerprint density at radius 2 is 1.85 bits per heavy atom. The number of urea groups is 1. The minimum absolute atomic E-state index is 0.0510. The predicted molar refractivity (Wildman–Crippen MR) is 125 cm³/mol. The Labute approximate surface area is 200 Å². The molecule has 10 nitrogen and oxygen atoms in total. The molecule has 0 spiro atoms. The summed E-state index contributed by atoms with van der Waals surface area (Å²) in [5.74, 6) is -0.907. The molecule has 1 aliphatic carbocycles. The number of hydrogen-bond acceptors (Lipinski definition) is 6. The molecule has 34 heavy (non-hydrogen) atoms. The number of sulfonamides is 1. The molecule has 4 amide bonds. The van der Waals surface area contributed by atoms with Gasteiger partial charge in [-0.25, -0.2) is 13.2 Å².